The zero-order chi connectivity index (χ0) is 17.9. The zero-order valence-electron chi connectivity index (χ0n) is 13.6. The zero-order valence-corrected chi connectivity index (χ0v) is 21.6. The Labute approximate surface area is 170 Å². The van der Waals surface area contributed by atoms with Crippen molar-refractivity contribution in [3.63, 3.8) is 0 Å². The number of hydrogen-bond acceptors (Lipinski definition) is 0. The van der Waals surface area contributed by atoms with Crippen molar-refractivity contribution in [3.05, 3.63) is 60.2 Å². The second kappa shape index (κ2) is 9.15. The van der Waals surface area contributed by atoms with E-state index in [9.17, 15) is 0 Å². The second-order valence-corrected chi connectivity index (χ2v) is 48.8. The number of aryl methyl sites for hydroxylation is 1. The first-order chi connectivity index (χ1) is 11.1. The summed E-state index contributed by atoms with van der Waals surface area (Å²) in [6.45, 7) is 2.16. The SMILES string of the molecule is Cc1cc2c(-c3ccc([S+](C)C)cc3)cccc2[cH-]1.[Cl][Zr]([Cl])([Br])[Br]. The van der Waals surface area contributed by atoms with Crippen LogP contribution in [-0.2, 0) is 24.1 Å². The van der Waals surface area contributed by atoms with Crippen LogP contribution in [0.3, 0.4) is 0 Å². The molecule has 0 saturated carbocycles. The maximum atomic E-state index is 5.34. The summed E-state index contributed by atoms with van der Waals surface area (Å²) >= 11 is 3.45. The molecular formula is C18H18Br2Cl2SZr. The van der Waals surface area contributed by atoms with Crippen LogP contribution in [0.2, 0.25) is 0 Å². The van der Waals surface area contributed by atoms with Gasteiger partial charge in [-0.25, -0.2) is 0 Å². The first-order valence-electron chi connectivity index (χ1n) is 7.25. The fraction of sp³-hybridized carbons (Fsp3) is 0.167. The molecule has 3 rings (SSSR count). The Morgan fingerprint density at radius 1 is 1.00 bits per heavy atom. The minimum atomic E-state index is -2.61. The van der Waals surface area contributed by atoms with Gasteiger partial charge in [-0.3, -0.25) is 0 Å². The summed E-state index contributed by atoms with van der Waals surface area (Å²) in [6, 6.07) is 20.1. The Kier molecular flexibility index (Phi) is 8.06. The molecule has 0 amide bonds. The van der Waals surface area contributed by atoms with Crippen LogP contribution in [0.1, 0.15) is 5.56 Å². The Morgan fingerprint density at radius 3 is 2.12 bits per heavy atom. The van der Waals surface area contributed by atoms with Gasteiger partial charge in [0.05, 0.1) is 0 Å². The normalized spacial score (nSPS) is 11.5. The number of hydrogen-bond donors (Lipinski definition) is 0. The fourth-order valence-corrected chi connectivity index (χ4v) is 3.22. The van der Waals surface area contributed by atoms with E-state index in [-0.39, 0.29) is 0 Å². The molecule has 6 heteroatoms. The minimum absolute atomic E-state index is 0.333. The molecule has 0 radical (unpaired) electrons. The molecular weight excluding hydrogens is 570 g/mol. The summed E-state index contributed by atoms with van der Waals surface area (Å²) < 4.78 is 0. The van der Waals surface area contributed by atoms with Gasteiger partial charge in [0.2, 0.25) is 0 Å². The Bertz CT molecular complexity index is 802. The van der Waals surface area contributed by atoms with E-state index in [0.717, 1.165) is 0 Å². The molecule has 0 fully saturated rings. The van der Waals surface area contributed by atoms with E-state index in [4.69, 9.17) is 17.0 Å². The third-order valence-corrected chi connectivity index (χ3v) is 4.75. The van der Waals surface area contributed by atoms with Gasteiger partial charge in [0.15, 0.2) is 4.90 Å². The standard InChI is InChI=1S/C18H18S.2BrH.2ClH.Zr/c1-13-11-15-5-4-6-17(18(15)12-13)14-7-9-16(10-8-14)19(2)3;;;;;/h4-12H,1-3H3;4*1H;/q;;;;;+4/p-4. The van der Waals surface area contributed by atoms with E-state index >= 15 is 0 Å². The van der Waals surface area contributed by atoms with E-state index in [1.165, 1.54) is 32.4 Å². The van der Waals surface area contributed by atoms with Crippen LogP contribution in [0.15, 0.2) is 59.5 Å². The van der Waals surface area contributed by atoms with E-state index in [0.29, 0.717) is 10.9 Å². The van der Waals surface area contributed by atoms with Gasteiger partial charge in [-0.05, 0) is 17.7 Å². The summed E-state index contributed by atoms with van der Waals surface area (Å²) in [5.74, 6) is 0. The molecule has 0 aliphatic carbocycles. The van der Waals surface area contributed by atoms with Crippen molar-refractivity contribution >= 4 is 63.1 Å². The van der Waals surface area contributed by atoms with E-state index in [2.05, 4.69) is 98.5 Å². The monoisotopic (exact) mass is 584 g/mol. The number of benzene rings is 2. The summed E-state index contributed by atoms with van der Waals surface area (Å²) in [5.41, 5.74) is 3.98. The summed E-state index contributed by atoms with van der Waals surface area (Å²) in [5, 5.41) is 2.70. The number of fused-ring (bicyclic) bond motifs is 1. The van der Waals surface area contributed by atoms with Crippen LogP contribution in [0.4, 0.5) is 0 Å². The second-order valence-electron chi connectivity index (χ2n) is 5.61. The molecule has 0 nitrogen and oxygen atoms in total. The van der Waals surface area contributed by atoms with Crippen molar-refractivity contribution in [2.24, 2.45) is 0 Å². The van der Waals surface area contributed by atoms with Gasteiger partial charge in [-0.1, -0.05) is 30.7 Å². The van der Waals surface area contributed by atoms with Gasteiger partial charge < -0.3 is 0 Å². The molecule has 0 saturated heterocycles. The molecule has 0 N–H and O–H groups in total. The van der Waals surface area contributed by atoms with Crippen LogP contribution in [0, 0.1) is 6.92 Å². The molecule has 0 heterocycles. The summed E-state index contributed by atoms with van der Waals surface area (Å²) in [7, 11) is 11.0. The average molecular weight is 588 g/mol. The van der Waals surface area contributed by atoms with Crippen molar-refractivity contribution in [3.8, 4) is 11.1 Å². The van der Waals surface area contributed by atoms with Gasteiger partial charge in [-0.2, -0.15) is 6.07 Å². The maximum absolute atomic E-state index is 5.34. The van der Waals surface area contributed by atoms with E-state index in [1.807, 2.05) is 0 Å². The number of rotatable bonds is 2. The van der Waals surface area contributed by atoms with Gasteiger partial charge in [-0.15, -0.1) is 34.5 Å². The molecule has 0 unspecified atom stereocenters. The van der Waals surface area contributed by atoms with Crippen molar-refractivity contribution < 1.29 is 13.2 Å². The van der Waals surface area contributed by atoms with Crippen LogP contribution < -0.4 is 0 Å². The Balaban J connectivity index is 0.000000368. The Hall–Kier alpha value is 0.823. The molecule has 0 aliphatic rings. The van der Waals surface area contributed by atoms with Crippen LogP contribution in [0.25, 0.3) is 21.9 Å². The van der Waals surface area contributed by atoms with Crippen molar-refractivity contribution in [1.29, 1.82) is 0 Å². The number of halogens is 4. The van der Waals surface area contributed by atoms with Crippen molar-refractivity contribution in [1.82, 2.24) is 0 Å². The first-order valence-corrected chi connectivity index (χ1v) is 26.9. The molecule has 0 bridgehead atoms. The molecule has 128 valence electrons. The summed E-state index contributed by atoms with van der Waals surface area (Å²) in [6.07, 6.45) is 4.52. The quantitative estimate of drug-likeness (QED) is 0.212. The molecule has 3 aromatic rings. The third-order valence-electron chi connectivity index (χ3n) is 3.53. The first kappa shape index (κ1) is 21.1. The van der Waals surface area contributed by atoms with Gasteiger partial charge in [0.25, 0.3) is 0 Å². The third kappa shape index (κ3) is 6.52. The topological polar surface area (TPSA) is 0 Å². The molecule has 0 atom stereocenters. The van der Waals surface area contributed by atoms with Crippen molar-refractivity contribution in [2.45, 2.75) is 11.8 Å². The molecule has 24 heavy (non-hydrogen) atoms. The average Bonchev–Trinajstić information content (AvgIpc) is 2.85. The molecule has 3 aromatic carbocycles. The molecule has 0 spiro atoms. The van der Waals surface area contributed by atoms with Gasteiger partial charge in [0, 0.05) is 10.9 Å². The Morgan fingerprint density at radius 2 is 1.58 bits per heavy atom. The summed E-state index contributed by atoms with van der Waals surface area (Å²) in [4.78, 5) is 1.43. The molecule has 0 aromatic heterocycles. The van der Waals surface area contributed by atoms with E-state index < -0.39 is 13.2 Å². The fourth-order valence-electron chi connectivity index (χ4n) is 2.54. The van der Waals surface area contributed by atoms with Gasteiger partial charge in [0.1, 0.15) is 12.5 Å². The van der Waals surface area contributed by atoms with Crippen LogP contribution >= 0.6 is 41.5 Å². The predicted octanol–water partition coefficient (Wildman–Crippen LogP) is 7.84. The van der Waals surface area contributed by atoms with E-state index in [1.54, 1.807) is 0 Å². The van der Waals surface area contributed by atoms with Crippen molar-refractivity contribution in [2.75, 3.05) is 12.5 Å². The van der Waals surface area contributed by atoms with Crippen LogP contribution in [-0.4, -0.2) is 12.5 Å². The van der Waals surface area contributed by atoms with Crippen LogP contribution in [0.5, 0.6) is 0 Å². The van der Waals surface area contributed by atoms with Gasteiger partial charge >= 0.3 is 54.6 Å². The molecule has 0 aliphatic heterocycles. The predicted molar refractivity (Wildman–Crippen MR) is 117 cm³/mol.